The molecule has 0 aromatic carbocycles. The van der Waals surface area contributed by atoms with Crippen LogP contribution in [0.2, 0.25) is 0 Å². The fourth-order valence-electron chi connectivity index (χ4n) is 0.762. The zero-order valence-corrected chi connectivity index (χ0v) is 9.00. The zero-order chi connectivity index (χ0) is 10.3. The quantitative estimate of drug-likeness (QED) is 0.472. The maximum absolute atomic E-state index is 11.1. The second-order valence-corrected chi connectivity index (χ2v) is 3.48. The van der Waals surface area contributed by atoms with Crippen molar-refractivity contribution >= 4 is 5.97 Å². The lowest BCUT2D eigenvalue weighted by Crippen LogP contribution is -2.23. The minimum Gasteiger partial charge on any atom is -0.460 e. The number of rotatable bonds is 6. The standard InChI is InChI=1S/C10H20O3/c1-5-6-12-7-9(4)13-10(11)8(2)3/h8-9H,5-7H2,1-4H3/t9-/m1/s1. The Labute approximate surface area is 80.4 Å². The molecule has 0 aliphatic heterocycles. The van der Waals surface area contributed by atoms with Crippen LogP contribution < -0.4 is 0 Å². The Balaban J connectivity index is 3.50. The Kier molecular flexibility index (Phi) is 6.59. The number of esters is 1. The maximum atomic E-state index is 11.1. The third-order valence-corrected chi connectivity index (χ3v) is 1.49. The molecule has 0 bridgehead atoms. The van der Waals surface area contributed by atoms with E-state index in [1.807, 2.05) is 27.7 Å². The number of carbonyl (C=O) groups excluding carboxylic acids is 1. The van der Waals surface area contributed by atoms with Crippen molar-refractivity contribution in [3.63, 3.8) is 0 Å². The summed E-state index contributed by atoms with van der Waals surface area (Å²) < 4.78 is 10.3. The highest BCUT2D eigenvalue weighted by Gasteiger charge is 2.12. The summed E-state index contributed by atoms with van der Waals surface area (Å²) in [7, 11) is 0. The van der Waals surface area contributed by atoms with Crippen molar-refractivity contribution < 1.29 is 14.3 Å². The van der Waals surface area contributed by atoms with Gasteiger partial charge in [0.05, 0.1) is 12.5 Å². The summed E-state index contributed by atoms with van der Waals surface area (Å²) in [6, 6.07) is 0. The van der Waals surface area contributed by atoms with Crippen molar-refractivity contribution in [1.82, 2.24) is 0 Å². The van der Waals surface area contributed by atoms with Gasteiger partial charge in [-0.05, 0) is 13.3 Å². The van der Waals surface area contributed by atoms with Crippen molar-refractivity contribution in [2.75, 3.05) is 13.2 Å². The molecular formula is C10H20O3. The molecule has 0 unspecified atom stereocenters. The summed E-state index contributed by atoms with van der Waals surface area (Å²) in [5.41, 5.74) is 0. The summed E-state index contributed by atoms with van der Waals surface area (Å²) in [6.07, 6.45) is 0.853. The second kappa shape index (κ2) is 6.89. The van der Waals surface area contributed by atoms with Crippen LogP contribution >= 0.6 is 0 Å². The number of ether oxygens (including phenoxy) is 2. The van der Waals surface area contributed by atoms with Crippen molar-refractivity contribution in [3.05, 3.63) is 0 Å². The van der Waals surface area contributed by atoms with Crippen LogP contribution in [0, 0.1) is 5.92 Å². The van der Waals surface area contributed by atoms with Crippen LogP contribution in [0.1, 0.15) is 34.1 Å². The number of hydrogen-bond donors (Lipinski definition) is 0. The van der Waals surface area contributed by atoms with E-state index in [-0.39, 0.29) is 18.0 Å². The highest BCUT2D eigenvalue weighted by atomic mass is 16.6. The van der Waals surface area contributed by atoms with Crippen LogP contribution in [0.25, 0.3) is 0 Å². The maximum Gasteiger partial charge on any atom is 0.308 e. The van der Waals surface area contributed by atoms with Gasteiger partial charge in [0.1, 0.15) is 6.10 Å². The van der Waals surface area contributed by atoms with E-state index >= 15 is 0 Å². The first-order valence-electron chi connectivity index (χ1n) is 4.86. The molecular weight excluding hydrogens is 168 g/mol. The molecule has 0 N–H and O–H groups in total. The first-order valence-corrected chi connectivity index (χ1v) is 4.86. The van der Waals surface area contributed by atoms with Crippen molar-refractivity contribution in [2.45, 2.75) is 40.2 Å². The van der Waals surface area contributed by atoms with Gasteiger partial charge < -0.3 is 9.47 Å². The molecule has 0 saturated carbocycles. The lowest BCUT2D eigenvalue weighted by Gasteiger charge is -2.14. The lowest BCUT2D eigenvalue weighted by molar-refractivity contribution is -0.154. The predicted molar refractivity (Wildman–Crippen MR) is 51.5 cm³/mol. The smallest absolute Gasteiger partial charge is 0.308 e. The Hall–Kier alpha value is -0.570. The van der Waals surface area contributed by atoms with Gasteiger partial charge in [-0.25, -0.2) is 0 Å². The highest BCUT2D eigenvalue weighted by Crippen LogP contribution is 2.00. The largest absolute Gasteiger partial charge is 0.460 e. The molecule has 0 fully saturated rings. The summed E-state index contributed by atoms with van der Waals surface area (Å²) in [4.78, 5) is 11.1. The summed E-state index contributed by atoms with van der Waals surface area (Å²) in [5, 5.41) is 0. The molecule has 0 amide bonds. The van der Waals surface area contributed by atoms with Crippen molar-refractivity contribution in [3.8, 4) is 0 Å². The van der Waals surface area contributed by atoms with Gasteiger partial charge in [-0.1, -0.05) is 20.8 Å². The molecule has 0 aromatic heterocycles. The Morgan fingerprint density at radius 2 is 1.92 bits per heavy atom. The molecule has 0 spiro atoms. The first kappa shape index (κ1) is 12.4. The van der Waals surface area contributed by atoms with Crippen molar-refractivity contribution in [2.24, 2.45) is 5.92 Å². The van der Waals surface area contributed by atoms with E-state index in [2.05, 4.69) is 0 Å². The molecule has 3 heteroatoms. The summed E-state index contributed by atoms with van der Waals surface area (Å²) in [6.45, 7) is 8.75. The molecule has 0 saturated heterocycles. The normalized spacial score (nSPS) is 13.0. The molecule has 0 radical (unpaired) electrons. The fraction of sp³-hybridized carbons (Fsp3) is 0.900. The van der Waals surface area contributed by atoms with Gasteiger partial charge in [-0.3, -0.25) is 4.79 Å². The van der Waals surface area contributed by atoms with E-state index in [9.17, 15) is 4.79 Å². The van der Waals surface area contributed by atoms with Gasteiger partial charge in [0, 0.05) is 6.61 Å². The van der Waals surface area contributed by atoms with E-state index in [0.29, 0.717) is 6.61 Å². The fourth-order valence-corrected chi connectivity index (χ4v) is 0.762. The Bertz CT molecular complexity index is 143. The van der Waals surface area contributed by atoms with Crippen LogP contribution in [-0.2, 0) is 14.3 Å². The minimum atomic E-state index is -0.160. The SMILES string of the molecule is CCCOC[C@@H](C)OC(=O)C(C)C. The number of hydrogen-bond acceptors (Lipinski definition) is 3. The summed E-state index contributed by atoms with van der Waals surface area (Å²) in [5.74, 6) is -0.221. The topological polar surface area (TPSA) is 35.5 Å². The lowest BCUT2D eigenvalue weighted by atomic mass is 10.2. The monoisotopic (exact) mass is 188 g/mol. The average Bonchev–Trinajstić information content (AvgIpc) is 2.04. The van der Waals surface area contributed by atoms with Gasteiger partial charge >= 0.3 is 5.97 Å². The molecule has 0 heterocycles. The molecule has 1 atom stereocenters. The van der Waals surface area contributed by atoms with Gasteiger partial charge in [0.2, 0.25) is 0 Å². The molecule has 0 aliphatic carbocycles. The molecule has 78 valence electrons. The van der Waals surface area contributed by atoms with Crippen LogP contribution in [0.3, 0.4) is 0 Å². The van der Waals surface area contributed by atoms with Gasteiger partial charge in [0.25, 0.3) is 0 Å². The molecule has 0 aromatic rings. The Morgan fingerprint density at radius 1 is 1.31 bits per heavy atom. The van der Waals surface area contributed by atoms with Gasteiger partial charge in [-0.2, -0.15) is 0 Å². The average molecular weight is 188 g/mol. The van der Waals surface area contributed by atoms with Crippen molar-refractivity contribution in [1.29, 1.82) is 0 Å². The Morgan fingerprint density at radius 3 is 2.38 bits per heavy atom. The van der Waals surface area contributed by atoms with E-state index in [1.165, 1.54) is 0 Å². The van der Waals surface area contributed by atoms with E-state index in [0.717, 1.165) is 13.0 Å². The van der Waals surface area contributed by atoms with Gasteiger partial charge in [-0.15, -0.1) is 0 Å². The zero-order valence-electron chi connectivity index (χ0n) is 9.00. The first-order chi connectivity index (χ1) is 6.07. The highest BCUT2D eigenvalue weighted by molar-refractivity contribution is 5.71. The molecule has 3 nitrogen and oxygen atoms in total. The molecule has 0 aliphatic rings. The van der Waals surface area contributed by atoms with Crippen LogP contribution in [0.15, 0.2) is 0 Å². The second-order valence-electron chi connectivity index (χ2n) is 3.48. The summed E-state index contributed by atoms with van der Waals surface area (Å²) >= 11 is 0. The minimum absolute atomic E-state index is 0.0615. The third kappa shape index (κ3) is 6.58. The van der Waals surface area contributed by atoms with Crippen LogP contribution in [0.5, 0.6) is 0 Å². The van der Waals surface area contributed by atoms with Crippen LogP contribution in [-0.4, -0.2) is 25.3 Å². The third-order valence-electron chi connectivity index (χ3n) is 1.49. The van der Waals surface area contributed by atoms with E-state index in [1.54, 1.807) is 0 Å². The number of carbonyl (C=O) groups is 1. The predicted octanol–water partition coefficient (Wildman–Crippen LogP) is 2.00. The van der Waals surface area contributed by atoms with Crippen LogP contribution in [0.4, 0.5) is 0 Å². The van der Waals surface area contributed by atoms with Gasteiger partial charge in [0.15, 0.2) is 0 Å². The molecule has 0 rings (SSSR count). The molecule has 13 heavy (non-hydrogen) atoms. The van der Waals surface area contributed by atoms with E-state index in [4.69, 9.17) is 9.47 Å². The van der Waals surface area contributed by atoms with E-state index < -0.39 is 0 Å².